The molecule has 0 radical (unpaired) electrons. The first kappa shape index (κ1) is 13.3. The van der Waals surface area contributed by atoms with Crippen LogP contribution in [-0.2, 0) is 10.2 Å². The SMILES string of the molecule is CCC(C)(C(=O)Oc1ccccc1)c1ccccc1. The van der Waals surface area contributed by atoms with Crippen molar-refractivity contribution in [3.05, 3.63) is 66.2 Å². The van der Waals surface area contributed by atoms with E-state index < -0.39 is 5.41 Å². The molecule has 0 amide bonds. The third kappa shape index (κ3) is 2.84. The van der Waals surface area contributed by atoms with Crippen molar-refractivity contribution in [2.75, 3.05) is 0 Å². The van der Waals surface area contributed by atoms with E-state index in [-0.39, 0.29) is 5.97 Å². The van der Waals surface area contributed by atoms with Gasteiger partial charge in [0.1, 0.15) is 5.75 Å². The lowest BCUT2D eigenvalue weighted by Gasteiger charge is -2.26. The first-order chi connectivity index (χ1) is 9.16. The Morgan fingerprint density at radius 2 is 1.53 bits per heavy atom. The van der Waals surface area contributed by atoms with Crippen molar-refractivity contribution in [1.82, 2.24) is 0 Å². The maximum atomic E-state index is 12.4. The Kier molecular flexibility index (Phi) is 4.00. The zero-order chi connectivity index (χ0) is 13.7. The minimum atomic E-state index is -0.614. The predicted octanol–water partition coefficient (Wildman–Crippen LogP) is 3.96. The summed E-state index contributed by atoms with van der Waals surface area (Å²) in [5, 5.41) is 0. The third-order valence-electron chi connectivity index (χ3n) is 3.52. The molecule has 0 heterocycles. The molecule has 2 aromatic carbocycles. The third-order valence-corrected chi connectivity index (χ3v) is 3.52. The number of carbonyl (C=O) groups excluding carboxylic acids is 1. The number of hydrogen-bond acceptors (Lipinski definition) is 2. The fraction of sp³-hybridized carbons (Fsp3) is 0.235. The summed E-state index contributed by atoms with van der Waals surface area (Å²) in [6.07, 6.45) is 0.697. The van der Waals surface area contributed by atoms with Crippen LogP contribution in [0.2, 0.25) is 0 Å². The Morgan fingerprint density at radius 3 is 2.05 bits per heavy atom. The molecule has 98 valence electrons. The van der Waals surface area contributed by atoms with E-state index in [1.807, 2.05) is 62.4 Å². The van der Waals surface area contributed by atoms with Gasteiger partial charge >= 0.3 is 5.97 Å². The fourth-order valence-corrected chi connectivity index (χ4v) is 1.98. The molecule has 0 aromatic heterocycles. The van der Waals surface area contributed by atoms with Crippen molar-refractivity contribution in [3.8, 4) is 5.75 Å². The minimum absolute atomic E-state index is 0.215. The summed E-state index contributed by atoms with van der Waals surface area (Å²) >= 11 is 0. The van der Waals surface area contributed by atoms with Gasteiger partial charge in [0, 0.05) is 0 Å². The van der Waals surface area contributed by atoms with E-state index in [2.05, 4.69) is 0 Å². The molecule has 19 heavy (non-hydrogen) atoms. The normalized spacial score (nSPS) is 13.6. The van der Waals surface area contributed by atoms with Crippen molar-refractivity contribution in [2.45, 2.75) is 25.7 Å². The number of esters is 1. The van der Waals surface area contributed by atoms with Gasteiger partial charge in [-0.2, -0.15) is 0 Å². The zero-order valence-electron chi connectivity index (χ0n) is 11.3. The maximum absolute atomic E-state index is 12.4. The molecule has 2 nitrogen and oxygen atoms in total. The van der Waals surface area contributed by atoms with Crippen molar-refractivity contribution >= 4 is 5.97 Å². The molecule has 0 fully saturated rings. The molecular weight excluding hydrogens is 236 g/mol. The van der Waals surface area contributed by atoms with Gasteiger partial charge in [-0.3, -0.25) is 4.79 Å². The number of benzene rings is 2. The van der Waals surface area contributed by atoms with Crippen LogP contribution >= 0.6 is 0 Å². The molecule has 0 saturated carbocycles. The molecule has 1 atom stereocenters. The van der Waals surface area contributed by atoms with Gasteiger partial charge in [-0.1, -0.05) is 55.5 Å². The van der Waals surface area contributed by atoms with Gasteiger partial charge in [-0.25, -0.2) is 0 Å². The van der Waals surface area contributed by atoms with E-state index >= 15 is 0 Å². The fourth-order valence-electron chi connectivity index (χ4n) is 1.98. The number of carbonyl (C=O) groups is 1. The van der Waals surface area contributed by atoms with E-state index in [1.165, 1.54) is 0 Å². The van der Waals surface area contributed by atoms with Crippen LogP contribution in [0.15, 0.2) is 60.7 Å². The average molecular weight is 254 g/mol. The summed E-state index contributed by atoms with van der Waals surface area (Å²) in [4.78, 5) is 12.4. The average Bonchev–Trinajstić information content (AvgIpc) is 2.48. The molecule has 0 bridgehead atoms. The van der Waals surface area contributed by atoms with Crippen LogP contribution in [0.25, 0.3) is 0 Å². The van der Waals surface area contributed by atoms with Gasteiger partial charge in [-0.15, -0.1) is 0 Å². The Hall–Kier alpha value is -2.09. The Labute approximate surface area is 114 Å². The number of para-hydroxylation sites is 1. The van der Waals surface area contributed by atoms with Gasteiger partial charge < -0.3 is 4.74 Å². The van der Waals surface area contributed by atoms with Gasteiger partial charge in [0.15, 0.2) is 0 Å². The highest BCUT2D eigenvalue weighted by Gasteiger charge is 2.35. The smallest absolute Gasteiger partial charge is 0.321 e. The van der Waals surface area contributed by atoms with Gasteiger partial charge in [0.2, 0.25) is 0 Å². The molecule has 0 spiro atoms. The first-order valence-electron chi connectivity index (χ1n) is 6.49. The molecular formula is C17H18O2. The standard InChI is InChI=1S/C17H18O2/c1-3-17(2,14-10-6-4-7-11-14)16(18)19-15-12-8-5-9-13-15/h4-13H,3H2,1-2H3. The van der Waals surface area contributed by atoms with Crippen LogP contribution in [0, 0.1) is 0 Å². The second-order valence-corrected chi connectivity index (χ2v) is 4.75. The van der Waals surface area contributed by atoms with E-state index in [0.717, 1.165) is 5.56 Å². The van der Waals surface area contributed by atoms with Crippen molar-refractivity contribution in [2.24, 2.45) is 0 Å². The summed E-state index contributed by atoms with van der Waals surface area (Å²) in [5.74, 6) is 0.371. The highest BCUT2D eigenvalue weighted by molar-refractivity contribution is 5.84. The first-order valence-corrected chi connectivity index (χ1v) is 6.49. The molecule has 2 rings (SSSR count). The quantitative estimate of drug-likeness (QED) is 0.609. The van der Waals surface area contributed by atoms with E-state index in [9.17, 15) is 4.79 Å². The molecule has 0 N–H and O–H groups in total. The summed E-state index contributed by atoms with van der Waals surface area (Å²) < 4.78 is 5.49. The molecule has 0 aliphatic heterocycles. The predicted molar refractivity (Wildman–Crippen MR) is 76.2 cm³/mol. The summed E-state index contributed by atoms with van der Waals surface area (Å²) in [7, 11) is 0. The Bertz CT molecular complexity index is 534. The largest absolute Gasteiger partial charge is 0.426 e. The number of rotatable bonds is 4. The monoisotopic (exact) mass is 254 g/mol. The van der Waals surface area contributed by atoms with E-state index in [1.54, 1.807) is 12.1 Å². The van der Waals surface area contributed by atoms with Gasteiger partial charge in [-0.05, 0) is 31.0 Å². The molecule has 2 aromatic rings. The highest BCUT2D eigenvalue weighted by Crippen LogP contribution is 2.29. The Morgan fingerprint density at radius 1 is 1.00 bits per heavy atom. The molecule has 0 saturated heterocycles. The molecule has 0 aliphatic carbocycles. The van der Waals surface area contributed by atoms with Crippen LogP contribution in [-0.4, -0.2) is 5.97 Å². The minimum Gasteiger partial charge on any atom is -0.426 e. The van der Waals surface area contributed by atoms with Crippen molar-refractivity contribution in [3.63, 3.8) is 0 Å². The molecule has 0 aliphatic rings. The molecule has 2 heteroatoms. The molecule has 1 unspecified atom stereocenters. The van der Waals surface area contributed by atoms with Crippen molar-refractivity contribution in [1.29, 1.82) is 0 Å². The Balaban J connectivity index is 2.24. The highest BCUT2D eigenvalue weighted by atomic mass is 16.5. The lowest BCUT2D eigenvalue weighted by molar-refractivity contribution is -0.140. The van der Waals surface area contributed by atoms with Crippen LogP contribution in [0.3, 0.4) is 0 Å². The summed E-state index contributed by atoms with van der Waals surface area (Å²) in [5.41, 5.74) is 0.371. The number of hydrogen-bond donors (Lipinski definition) is 0. The lowest BCUT2D eigenvalue weighted by Crippen LogP contribution is -2.35. The van der Waals surface area contributed by atoms with Gasteiger partial charge in [0.05, 0.1) is 5.41 Å². The summed E-state index contributed by atoms with van der Waals surface area (Å²) in [6, 6.07) is 19.0. The van der Waals surface area contributed by atoms with Gasteiger partial charge in [0.25, 0.3) is 0 Å². The maximum Gasteiger partial charge on any atom is 0.321 e. The van der Waals surface area contributed by atoms with Crippen LogP contribution < -0.4 is 4.74 Å². The topological polar surface area (TPSA) is 26.3 Å². The van der Waals surface area contributed by atoms with Crippen LogP contribution in [0.4, 0.5) is 0 Å². The van der Waals surface area contributed by atoms with Crippen LogP contribution in [0.5, 0.6) is 5.75 Å². The van der Waals surface area contributed by atoms with E-state index in [4.69, 9.17) is 4.74 Å². The number of ether oxygens (including phenoxy) is 1. The second-order valence-electron chi connectivity index (χ2n) is 4.75. The summed E-state index contributed by atoms with van der Waals surface area (Å²) in [6.45, 7) is 3.92. The van der Waals surface area contributed by atoms with Crippen LogP contribution in [0.1, 0.15) is 25.8 Å². The lowest BCUT2D eigenvalue weighted by atomic mass is 9.80. The second kappa shape index (κ2) is 5.70. The van der Waals surface area contributed by atoms with Crippen molar-refractivity contribution < 1.29 is 9.53 Å². The van der Waals surface area contributed by atoms with E-state index in [0.29, 0.717) is 12.2 Å². The zero-order valence-corrected chi connectivity index (χ0v) is 11.3.